The Balaban J connectivity index is 1.55. The Morgan fingerprint density at radius 3 is 2.41 bits per heavy atom. The van der Waals surface area contributed by atoms with Crippen LogP contribution in [0.1, 0.15) is 0 Å². The first-order chi connectivity index (χ1) is 14.0. The van der Waals surface area contributed by atoms with Crippen LogP contribution in [0.2, 0.25) is 5.02 Å². The van der Waals surface area contributed by atoms with Crippen molar-refractivity contribution in [3.8, 4) is 5.69 Å². The van der Waals surface area contributed by atoms with Crippen molar-refractivity contribution >= 4 is 28.9 Å². The maximum Gasteiger partial charge on any atom is 0.406 e. The predicted molar refractivity (Wildman–Crippen MR) is 109 cm³/mol. The highest BCUT2D eigenvalue weighted by molar-refractivity contribution is 6.33. The van der Waals surface area contributed by atoms with Gasteiger partial charge >= 0.3 is 5.82 Å². The van der Waals surface area contributed by atoms with Crippen LogP contribution in [0, 0.1) is 10.1 Å². The highest BCUT2D eigenvalue weighted by atomic mass is 35.5. The standard InChI is InChI=1S/C18H18ClN7O3/c1-22-12-20-16(26(28)29)17(22)24-9-7-23(8-10-24)14-11-21-25(18(27)15(14)19)13-5-3-2-4-6-13/h2-6,11-12H,7-10H2,1H3. The topological polar surface area (TPSA) is 102 Å². The minimum atomic E-state index is -0.480. The molecular weight excluding hydrogens is 398 g/mol. The number of halogens is 1. The van der Waals surface area contributed by atoms with Crippen LogP contribution in [-0.2, 0) is 7.05 Å². The number of para-hydroxylation sites is 1. The van der Waals surface area contributed by atoms with E-state index in [4.69, 9.17) is 11.6 Å². The molecule has 150 valence electrons. The molecule has 1 fully saturated rings. The Morgan fingerprint density at radius 1 is 1.10 bits per heavy atom. The van der Waals surface area contributed by atoms with Crippen molar-refractivity contribution in [3.63, 3.8) is 0 Å². The third kappa shape index (κ3) is 3.42. The summed E-state index contributed by atoms with van der Waals surface area (Å²) in [4.78, 5) is 31.2. The number of rotatable bonds is 4. The molecule has 3 aromatic rings. The summed E-state index contributed by atoms with van der Waals surface area (Å²) in [5.41, 5.74) is 0.808. The Labute approximate surface area is 170 Å². The first kappa shape index (κ1) is 18.9. The Hall–Kier alpha value is -3.40. The van der Waals surface area contributed by atoms with Crippen LogP contribution in [0.5, 0.6) is 0 Å². The van der Waals surface area contributed by atoms with Crippen LogP contribution in [0.4, 0.5) is 17.3 Å². The van der Waals surface area contributed by atoms with Crippen LogP contribution >= 0.6 is 11.6 Å². The molecule has 0 saturated carbocycles. The minimum absolute atomic E-state index is 0.101. The number of benzene rings is 1. The summed E-state index contributed by atoms with van der Waals surface area (Å²) in [6, 6.07) is 9.06. The van der Waals surface area contributed by atoms with Crippen molar-refractivity contribution in [3.05, 3.63) is 68.3 Å². The molecule has 0 radical (unpaired) electrons. The molecule has 0 amide bonds. The molecule has 0 aliphatic carbocycles. The lowest BCUT2D eigenvalue weighted by atomic mass is 10.2. The Bertz CT molecular complexity index is 1100. The fraction of sp³-hybridized carbons (Fsp3) is 0.278. The zero-order chi connectivity index (χ0) is 20.5. The average molecular weight is 416 g/mol. The second-order valence-electron chi connectivity index (χ2n) is 6.63. The molecule has 0 atom stereocenters. The molecule has 1 aliphatic rings. The second kappa shape index (κ2) is 7.55. The van der Waals surface area contributed by atoms with E-state index in [0.29, 0.717) is 43.4 Å². The second-order valence-corrected chi connectivity index (χ2v) is 7.01. The van der Waals surface area contributed by atoms with Crippen LogP contribution in [0.15, 0.2) is 47.7 Å². The smallest absolute Gasteiger partial charge is 0.365 e. The van der Waals surface area contributed by atoms with E-state index in [1.165, 1.54) is 11.0 Å². The Kier molecular flexibility index (Phi) is 4.93. The number of aromatic nitrogens is 4. The summed E-state index contributed by atoms with van der Waals surface area (Å²) in [6.45, 7) is 2.13. The van der Waals surface area contributed by atoms with Crippen molar-refractivity contribution in [1.82, 2.24) is 19.3 Å². The third-order valence-electron chi connectivity index (χ3n) is 4.88. The predicted octanol–water partition coefficient (Wildman–Crippen LogP) is 1.85. The number of imidazole rings is 1. The lowest BCUT2D eigenvalue weighted by Crippen LogP contribution is -2.47. The number of hydrogen-bond acceptors (Lipinski definition) is 7. The molecular formula is C18H18ClN7O3. The summed E-state index contributed by atoms with van der Waals surface area (Å²) in [7, 11) is 1.73. The SMILES string of the molecule is Cn1cnc([N+](=O)[O-])c1N1CCN(c2cnn(-c3ccccc3)c(=O)c2Cl)CC1. The van der Waals surface area contributed by atoms with E-state index in [-0.39, 0.29) is 16.4 Å². The van der Waals surface area contributed by atoms with E-state index in [1.807, 2.05) is 28.0 Å². The molecule has 10 nitrogen and oxygen atoms in total. The van der Waals surface area contributed by atoms with Gasteiger partial charge < -0.3 is 19.9 Å². The van der Waals surface area contributed by atoms with Gasteiger partial charge in [-0.15, -0.1) is 0 Å². The van der Waals surface area contributed by atoms with E-state index in [1.54, 1.807) is 29.9 Å². The first-order valence-electron chi connectivity index (χ1n) is 8.96. The number of nitrogens with zero attached hydrogens (tertiary/aromatic N) is 7. The number of piperazine rings is 1. The number of aryl methyl sites for hydroxylation is 1. The number of anilines is 2. The summed E-state index contributed by atoms with van der Waals surface area (Å²) >= 11 is 6.38. The summed E-state index contributed by atoms with van der Waals surface area (Å²) in [5.74, 6) is 0.310. The fourth-order valence-electron chi connectivity index (χ4n) is 3.46. The molecule has 0 unspecified atom stereocenters. The summed E-state index contributed by atoms with van der Waals surface area (Å²) in [6.07, 6.45) is 3.02. The van der Waals surface area contributed by atoms with Crippen LogP contribution in [0.3, 0.4) is 0 Å². The van der Waals surface area contributed by atoms with Gasteiger partial charge in [0.25, 0.3) is 5.56 Å². The van der Waals surface area contributed by atoms with Gasteiger partial charge in [0.15, 0.2) is 0 Å². The molecule has 1 saturated heterocycles. The molecule has 3 heterocycles. The maximum absolute atomic E-state index is 12.7. The number of hydrogen-bond donors (Lipinski definition) is 0. The molecule has 29 heavy (non-hydrogen) atoms. The zero-order valence-electron chi connectivity index (χ0n) is 15.6. The summed E-state index contributed by atoms with van der Waals surface area (Å²) < 4.78 is 2.91. The molecule has 1 aromatic carbocycles. The largest absolute Gasteiger partial charge is 0.406 e. The van der Waals surface area contributed by atoms with E-state index in [9.17, 15) is 14.9 Å². The van der Waals surface area contributed by atoms with Gasteiger partial charge in [0.1, 0.15) is 5.02 Å². The van der Waals surface area contributed by atoms with Crippen LogP contribution in [0.25, 0.3) is 5.69 Å². The summed E-state index contributed by atoms with van der Waals surface area (Å²) in [5, 5.41) is 15.6. The van der Waals surface area contributed by atoms with Gasteiger partial charge in [-0.1, -0.05) is 29.8 Å². The molecule has 1 aliphatic heterocycles. The van der Waals surface area contributed by atoms with Crippen molar-refractivity contribution in [2.24, 2.45) is 7.05 Å². The molecule has 0 bridgehead atoms. The van der Waals surface area contributed by atoms with Crippen molar-refractivity contribution in [2.75, 3.05) is 36.0 Å². The van der Waals surface area contributed by atoms with Gasteiger partial charge in [0.05, 0.1) is 17.6 Å². The number of nitro groups is 1. The zero-order valence-corrected chi connectivity index (χ0v) is 16.4. The molecule has 4 rings (SSSR count). The lowest BCUT2D eigenvalue weighted by Gasteiger charge is -2.36. The monoisotopic (exact) mass is 415 g/mol. The van der Waals surface area contributed by atoms with E-state index >= 15 is 0 Å². The molecule has 11 heteroatoms. The maximum atomic E-state index is 12.7. The van der Waals surface area contributed by atoms with Crippen LogP contribution in [-0.4, -0.2) is 50.4 Å². The fourth-order valence-corrected chi connectivity index (χ4v) is 3.71. The Morgan fingerprint density at radius 2 is 1.76 bits per heavy atom. The lowest BCUT2D eigenvalue weighted by molar-refractivity contribution is -0.388. The van der Waals surface area contributed by atoms with E-state index < -0.39 is 4.92 Å². The molecule has 0 spiro atoms. The van der Waals surface area contributed by atoms with Crippen molar-refractivity contribution in [1.29, 1.82) is 0 Å². The van der Waals surface area contributed by atoms with Gasteiger partial charge in [0, 0.05) is 33.2 Å². The van der Waals surface area contributed by atoms with Gasteiger partial charge in [-0.2, -0.15) is 9.78 Å². The average Bonchev–Trinajstić information content (AvgIpc) is 3.12. The van der Waals surface area contributed by atoms with Gasteiger partial charge in [-0.25, -0.2) is 0 Å². The van der Waals surface area contributed by atoms with E-state index in [0.717, 1.165) is 0 Å². The van der Waals surface area contributed by atoms with Gasteiger partial charge in [-0.05, 0) is 22.0 Å². The third-order valence-corrected chi connectivity index (χ3v) is 5.24. The highest BCUT2D eigenvalue weighted by Gasteiger charge is 2.29. The van der Waals surface area contributed by atoms with Gasteiger partial charge in [0.2, 0.25) is 12.1 Å². The highest BCUT2D eigenvalue weighted by Crippen LogP contribution is 2.29. The molecule has 2 aromatic heterocycles. The normalized spacial score (nSPS) is 14.3. The molecule has 0 N–H and O–H groups in total. The van der Waals surface area contributed by atoms with E-state index in [2.05, 4.69) is 10.1 Å². The quantitative estimate of drug-likeness (QED) is 0.473. The van der Waals surface area contributed by atoms with Gasteiger partial charge in [-0.3, -0.25) is 9.36 Å². The van der Waals surface area contributed by atoms with Crippen LogP contribution < -0.4 is 15.4 Å². The van der Waals surface area contributed by atoms with Crippen molar-refractivity contribution in [2.45, 2.75) is 0 Å². The first-order valence-corrected chi connectivity index (χ1v) is 9.34. The minimum Gasteiger partial charge on any atom is -0.365 e. The van der Waals surface area contributed by atoms with Crippen molar-refractivity contribution < 1.29 is 4.92 Å².